The van der Waals surface area contributed by atoms with Crippen molar-refractivity contribution in [2.45, 2.75) is 85.2 Å². The van der Waals surface area contributed by atoms with Gasteiger partial charge in [-0.1, -0.05) is 26.7 Å². The lowest BCUT2D eigenvalue weighted by Crippen LogP contribution is -2.23. The maximum Gasteiger partial charge on any atom is 0.472 e. The van der Waals surface area contributed by atoms with Gasteiger partial charge in [0.25, 0.3) is 0 Å². The molecule has 160 valence electrons. The Balaban J connectivity index is 3.45. The Hall–Kier alpha value is -0.790. The molecule has 0 aliphatic rings. The summed E-state index contributed by atoms with van der Waals surface area (Å²) in [6.45, 7) is 7.66. The molecule has 0 spiro atoms. The van der Waals surface area contributed by atoms with Gasteiger partial charge in [-0.05, 0) is 39.5 Å². The van der Waals surface area contributed by atoms with Crippen molar-refractivity contribution >= 4 is 19.5 Å². The van der Waals surface area contributed by atoms with E-state index in [4.69, 9.17) is 13.9 Å². The number of phosphoric ester groups is 1. The van der Waals surface area contributed by atoms with Crippen LogP contribution in [0.4, 0.5) is 0 Å². The van der Waals surface area contributed by atoms with Crippen molar-refractivity contribution in [3.63, 3.8) is 0 Å². The number of unbranched alkanes of at least 4 members (excludes halogenated alkanes) is 4. The Bertz CT molecular complexity index is 469. The first-order chi connectivity index (χ1) is 12.6. The van der Waals surface area contributed by atoms with Crippen LogP contribution in [0.1, 0.15) is 79.1 Å². The molecule has 0 aromatic heterocycles. The Morgan fingerprint density at radius 1 is 0.926 bits per heavy atom. The molecule has 0 fully saturated rings. The molecular formula is C18H36NO7P. The van der Waals surface area contributed by atoms with Gasteiger partial charge in [0.05, 0.1) is 19.3 Å². The molecular weight excluding hydrogens is 373 g/mol. The predicted octanol–water partition coefficient (Wildman–Crippen LogP) is 3.92. The second-order valence-electron chi connectivity index (χ2n) is 7.07. The summed E-state index contributed by atoms with van der Waals surface area (Å²) in [4.78, 5) is 37.5. The van der Waals surface area contributed by atoms with Crippen LogP contribution in [0.25, 0.3) is 0 Å². The van der Waals surface area contributed by atoms with Crippen LogP contribution in [0.2, 0.25) is 0 Å². The minimum Gasteiger partial charge on any atom is -0.302 e. The van der Waals surface area contributed by atoms with Gasteiger partial charge < -0.3 is 4.89 Å². The van der Waals surface area contributed by atoms with Crippen LogP contribution in [0.15, 0.2) is 0 Å². The Morgan fingerprint density at radius 3 is 2.11 bits per heavy atom. The number of hydroxylamine groups is 1. The molecule has 0 bridgehead atoms. The monoisotopic (exact) mass is 409 g/mol. The SMILES string of the molecule is CC(C)OP(=O)(O)OCCCCCCONC(=O)CCCCC(=O)C(C)C. The molecule has 0 aliphatic heterocycles. The van der Waals surface area contributed by atoms with Crippen molar-refractivity contribution in [1.29, 1.82) is 0 Å². The maximum absolute atomic E-state index is 11.6. The van der Waals surface area contributed by atoms with Crippen molar-refractivity contribution in [1.82, 2.24) is 5.48 Å². The number of rotatable bonds is 17. The van der Waals surface area contributed by atoms with Crippen LogP contribution in [0.3, 0.4) is 0 Å². The topological polar surface area (TPSA) is 111 Å². The van der Waals surface area contributed by atoms with E-state index in [0.717, 1.165) is 25.7 Å². The van der Waals surface area contributed by atoms with Crippen LogP contribution in [-0.4, -0.2) is 35.9 Å². The third-order valence-electron chi connectivity index (χ3n) is 3.65. The number of ketones is 1. The standard InChI is InChI=1S/C18H36NO7P/c1-15(2)17(20)11-7-8-12-18(21)19-24-13-9-5-6-10-14-25-27(22,23)26-16(3)4/h15-16H,5-14H2,1-4H3,(H,19,21)(H,22,23). The fourth-order valence-electron chi connectivity index (χ4n) is 2.16. The molecule has 0 heterocycles. The summed E-state index contributed by atoms with van der Waals surface area (Å²) in [5.74, 6) is 0.103. The van der Waals surface area contributed by atoms with Crippen molar-refractivity contribution in [3.8, 4) is 0 Å². The molecule has 2 N–H and O–H groups in total. The number of carbonyl (C=O) groups is 2. The first-order valence-electron chi connectivity index (χ1n) is 9.73. The zero-order chi connectivity index (χ0) is 20.7. The van der Waals surface area contributed by atoms with E-state index in [1.165, 1.54) is 0 Å². The maximum atomic E-state index is 11.6. The molecule has 27 heavy (non-hydrogen) atoms. The molecule has 1 amide bonds. The number of nitrogens with one attached hydrogen (secondary N) is 1. The molecule has 1 unspecified atom stereocenters. The van der Waals surface area contributed by atoms with Crippen molar-refractivity contribution in [3.05, 3.63) is 0 Å². The van der Waals surface area contributed by atoms with Crippen molar-refractivity contribution in [2.24, 2.45) is 5.92 Å². The third-order valence-corrected chi connectivity index (χ3v) is 4.84. The third kappa shape index (κ3) is 17.1. The smallest absolute Gasteiger partial charge is 0.302 e. The lowest BCUT2D eigenvalue weighted by atomic mass is 10.0. The van der Waals surface area contributed by atoms with Crippen LogP contribution >= 0.6 is 7.82 Å². The number of hydrogen-bond acceptors (Lipinski definition) is 6. The van der Waals surface area contributed by atoms with E-state index in [-0.39, 0.29) is 30.3 Å². The molecule has 0 aromatic carbocycles. The summed E-state index contributed by atoms with van der Waals surface area (Å²) in [5, 5.41) is 0. The highest BCUT2D eigenvalue weighted by atomic mass is 31.2. The van der Waals surface area contributed by atoms with E-state index < -0.39 is 7.82 Å². The lowest BCUT2D eigenvalue weighted by molar-refractivity contribution is -0.134. The average Bonchev–Trinajstić information content (AvgIpc) is 2.55. The van der Waals surface area contributed by atoms with Gasteiger partial charge in [-0.2, -0.15) is 0 Å². The van der Waals surface area contributed by atoms with Gasteiger partial charge >= 0.3 is 7.82 Å². The number of amides is 1. The van der Waals surface area contributed by atoms with Crippen LogP contribution in [-0.2, 0) is 28.0 Å². The second kappa shape index (κ2) is 15.2. The van der Waals surface area contributed by atoms with E-state index in [9.17, 15) is 19.0 Å². The molecule has 0 saturated carbocycles. The van der Waals surface area contributed by atoms with Gasteiger partial charge in [-0.15, -0.1) is 0 Å². The van der Waals surface area contributed by atoms with Crippen molar-refractivity contribution in [2.75, 3.05) is 13.2 Å². The molecule has 0 aliphatic carbocycles. The minimum absolute atomic E-state index is 0.0512. The van der Waals surface area contributed by atoms with E-state index in [0.29, 0.717) is 32.3 Å². The average molecular weight is 409 g/mol. The summed E-state index contributed by atoms with van der Waals surface area (Å²) < 4.78 is 21.1. The summed E-state index contributed by atoms with van der Waals surface area (Å²) >= 11 is 0. The van der Waals surface area contributed by atoms with Crippen LogP contribution < -0.4 is 5.48 Å². The van der Waals surface area contributed by atoms with Crippen molar-refractivity contribution < 1.29 is 32.9 Å². The molecule has 1 atom stereocenters. The molecule has 9 heteroatoms. The number of Topliss-reactive ketones (excluding diaryl/α,β-unsaturated/α-hetero) is 1. The zero-order valence-electron chi connectivity index (χ0n) is 17.1. The Kier molecular flexibility index (Phi) is 14.7. The number of carbonyl (C=O) groups excluding carboxylic acids is 2. The highest BCUT2D eigenvalue weighted by Gasteiger charge is 2.21. The van der Waals surface area contributed by atoms with Gasteiger partial charge in [-0.3, -0.25) is 23.5 Å². The summed E-state index contributed by atoms with van der Waals surface area (Å²) in [5.41, 5.74) is 2.40. The summed E-state index contributed by atoms with van der Waals surface area (Å²) in [6, 6.07) is 0. The normalized spacial score (nSPS) is 13.7. The van der Waals surface area contributed by atoms with Gasteiger partial charge in [0.2, 0.25) is 5.91 Å². The predicted molar refractivity (Wildman–Crippen MR) is 103 cm³/mol. The zero-order valence-corrected chi connectivity index (χ0v) is 18.0. The van der Waals surface area contributed by atoms with Gasteiger partial charge in [0.15, 0.2) is 0 Å². The summed E-state index contributed by atoms with van der Waals surface area (Å²) in [6.07, 6.45) is 4.98. The molecule has 8 nitrogen and oxygen atoms in total. The van der Waals surface area contributed by atoms with Gasteiger partial charge in [0.1, 0.15) is 5.78 Å². The molecule has 0 rings (SSSR count). The highest BCUT2D eigenvalue weighted by Crippen LogP contribution is 2.44. The Morgan fingerprint density at radius 2 is 1.52 bits per heavy atom. The fraction of sp³-hybridized carbons (Fsp3) is 0.889. The fourth-order valence-corrected chi connectivity index (χ4v) is 3.12. The Labute approximate surface area is 162 Å². The van der Waals surface area contributed by atoms with Gasteiger partial charge in [-0.25, -0.2) is 10.0 Å². The van der Waals surface area contributed by atoms with E-state index in [1.54, 1.807) is 13.8 Å². The minimum atomic E-state index is -3.94. The van der Waals surface area contributed by atoms with E-state index >= 15 is 0 Å². The highest BCUT2D eigenvalue weighted by molar-refractivity contribution is 7.47. The second-order valence-corrected chi connectivity index (χ2v) is 8.48. The lowest BCUT2D eigenvalue weighted by Gasteiger charge is -2.14. The first kappa shape index (κ1) is 26.2. The largest absolute Gasteiger partial charge is 0.472 e. The van der Waals surface area contributed by atoms with E-state index in [1.807, 2.05) is 13.8 Å². The molecule has 0 aromatic rings. The quantitative estimate of drug-likeness (QED) is 0.213. The molecule has 0 saturated heterocycles. The number of hydrogen-bond donors (Lipinski definition) is 2. The summed E-state index contributed by atoms with van der Waals surface area (Å²) in [7, 11) is -3.94. The number of phosphoric acid groups is 1. The first-order valence-corrected chi connectivity index (χ1v) is 11.2. The van der Waals surface area contributed by atoms with Gasteiger partial charge in [0, 0.05) is 18.8 Å². The molecule has 0 radical (unpaired) electrons. The van der Waals surface area contributed by atoms with Crippen LogP contribution in [0, 0.1) is 5.92 Å². The van der Waals surface area contributed by atoms with E-state index in [2.05, 4.69) is 5.48 Å². The van der Waals surface area contributed by atoms with Crippen LogP contribution in [0.5, 0.6) is 0 Å².